The highest BCUT2D eigenvalue weighted by molar-refractivity contribution is 5.96. The zero-order valence-electron chi connectivity index (χ0n) is 15.6. The van der Waals surface area contributed by atoms with E-state index in [1.54, 1.807) is 0 Å². The molecule has 0 bridgehead atoms. The lowest BCUT2D eigenvalue weighted by molar-refractivity contribution is 0.0982. The van der Waals surface area contributed by atoms with Crippen LogP contribution in [0.3, 0.4) is 0 Å². The van der Waals surface area contributed by atoms with Gasteiger partial charge >= 0.3 is 0 Å². The number of carbonyl (C=O) groups is 1. The second-order valence-corrected chi connectivity index (χ2v) is 6.66. The molecule has 0 radical (unpaired) electrons. The molecule has 0 aliphatic carbocycles. The maximum atomic E-state index is 12.5. The normalized spacial score (nSPS) is 10.6. The molecule has 3 aromatic rings. The minimum Gasteiger partial charge on any atom is -0.489 e. The Morgan fingerprint density at radius 1 is 1.00 bits per heavy atom. The highest BCUT2D eigenvalue weighted by Gasteiger charge is 2.10. The van der Waals surface area contributed by atoms with Gasteiger partial charge in [-0.2, -0.15) is 0 Å². The highest BCUT2D eigenvalue weighted by Crippen LogP contribution is 2.14. The Hall–Kier alpha value is -3.14. The Balaban J connectivity index is 1.58. The summed E-state index contributed by atoms with van der Waals surface area (Å²) in [6.45, 7) is 4.21. The van der Waals surface area contributed by atoms with E-state index in [1.807, 2.05) is 74.5 Å². The molecular formula is C23H23NO3. The first-order chi connectivity index (χ1) is 13.0. The molecule has 3 rings (SSSR count). The van der Waals surface area contributed by atoms with Crippen molar-refractivity contribution in [2.24, 2.45) is 0 Å². The molecule has 1 aromatic heterocycles. The number of hydrogen-bond acceptors (Lipinski definition) is 3. The number of aromatic nitrogens is 1. The van der Waals surface area contributed by atoms with Crippen molar-refractivity contribution >= 4 is 5.78 Å². The van der Waals surface area contributed by atoms with E-state index in [2.05, 4.69) is 4.98 Å². The lowest BCUT2D eigenvalue weighted by atomic mass is 10.00. The van der Waals surface area contributed by atoms with Crippen LogP contribution in [0.2, 0.25) is 0 Å². The lowest BCUT2D eigenvalue weighted by Crippen LogP contribution is -2.16. The fraction of sp³-hybridized carbons (Fsp3) is 0.217. The zero-order chi connectivity index (χ0) is 19.2. The molecule has 4 nitrogen and oxygen atoms in total. The number of pyridine rings is 1. The first kappa shape index (κ1) is 18.6. The number of nitrogens with one attached hydrogen (secondary N) is 1. The van der Waals surface area contributed by atoms with E-state index < -0.39 is 0 Å². The van der Waals surface area contributed by atoms with Crippen molar-refractivity contribution in [1.82, 2.24) is 4.98 Å². The van der Waals surface area contributed by atoms with Gasteiger partial charge in [-0.15, -0.1) is 0 Å². The molecule has 0 saturated carbocycles. The molecule has 0 amide bonds. The third-order valence-electron chi connectivity index (χ3n) is 4.52. The van der Waals surface area contributed by atoms with Crippen LogP contribution in [0.1, 0.15) is 39.2 Å². The first-order valence-electron chi connectivity index (χ1n) is 9.02. The maximum absolute atomic E-state index is 12.5. The Kier molecular flexibility index (Phi) is 5.87. The van der Waals surface area contributed by atoms with E-state index in [4.69, 9.17) is 4.74 Å². The Morgan fingerprint density at radius 3 is 2.37 bits per heavy atom. The Morgan fingerprint density at radius 2 is 1.70 bits per heavy atom. The van der Waals surface area contributed by atoms with Crippen LogP contribution < -0.4 is 10.3 Å². The summed E-state index contributed by atoms with van der Waals surface area (Å²) in [4.78, 5) is 27.3. The van der Waals surface area contributed by atoms with Gasteiger partial charge in [0.15, 0.2) is 5.78 Å². The number of benzene rings is 2. The fourth-order valence-electron chi connectivity index (χ4n) is 3.05. The number of Topliss-reactive ketones (excluding diaryl/α,β-unsaturated/α-hetero) is 1. The molecule has 0 aliphatic rings. The lowest BCUT2D eigenvalue weighted by Gasteiger charge is -2.08. The van der Waals surface area contributed by atoms with Crippen LogP contribution in [0.15, 0.2) is 65.5 Å². The minimum atomic E-state index is -0.103. The average molecular weight is 361 g/mol. The molecule has 27 heavy (non-hydrogen) atoms. The average Bonchev–Trinajstić information content (AvgIpc) is 2.66. The number of para-hydroxylation sites is 1. The maximum Gasteiger partial charge on any atom is 0.251 e. The summed E-state index contributed by atoms with van der Waals surface area (Å²) in [5.41, 5.74) is 4.00. The third kappa shape index (κ3) is 4.94. The SMILES string of the molecule is Cc1cc(C)c(CCC(=O)c2ccc(COc3ccccc3)cc2)c(=O)[nH]1. The predicted molar refractivity (Wildman–Crippen MR) is 106 cm³/mol. The van der Waals surface area contributed by atoms with E-state index in [0.717, 1.165) is 22.6 Å². The molecule has 2 aromatic carbocycles. The van der Waals surface area contributed by atoms with Gasteiger partial charge in [-0.25, -0.2) is 0 Å². The van der Waals surface area contributed by atoms with Gasteiger partial charge in [0, 0.05) is 23.2 Å². The summed E-state index contributed by atoms with van der Waals surface area (Å²) in [6.07, 6.45) is 0.756. The summed E-state index contributed by atoms with van der Waals surface area (Å²) in [6, 6.07) is 19.0. The number of hydrogen-bond donors (Lipinski definition) is 1. The van der Waals surface area contributed by atoms with Gasteiger partial charge in [0.2, 0.25) is 0 Å². The predicted octanol–water partition coefficient (Wildman–Crippen LogP) is 4.39. The smallest absolute Gasteiger partial charge is 0.251 e. The number of H-pyrrole nitrogens is 1. The van der Waals surface area contributed by atoms with Crippen molar-refractivity contribution in [2.75, 3.05) is 0 Å². The minimum absolute atomic E-state index is 0.0323. The second-order valence-electron chi connectivity index (χ2n) is 6.66. The molecular weight excluding hydrogens is 338 g/mol. The second kappa shape index (κ2) is 8.49. The highest BCUT2D eigenvalue weighted by atomic mass is 16.5. The Bertz CT molecular complexity index is 973. The Labute approximate surface area is 158 Å². The van der Waals surface area contributed by atoms with Gasteiger partial charge in [-0.3, -0.25) is 9.59 Å². The van der Waals surface area contributed by atoms with E-state index in [1.165, 1.54) is 0 Å². The molecule has 0 spiro atoms. The van der Waals surface area contributed by atoms with Gasteiger partial charge in [0.1, 0.15) is 12.4 Å². The van der Waals surface area contributed by atoms with Crippen LogP contribution in [0, 0.1) is 13.8 Å². The molecule has 4 heteroatoms. The number of rotatable bonds is 7. The van der Waals surface area contributed by atoms with Crippen LogP contribution in [0.5, 0.6) is 5.75 Å². The molecule has 1 N–H and O–H groups in total. The molecule has 138 valence electrons. The van der Waals surface area contributed by atoms with Crippen LogP contribution in [-0.2, 0) is 13.0 Å². The number of aryl methyl sites for hydroxylation is 2. The largest absolute Gasteiger partial charge is 0.489 e. The van der Waals surface area contributed by atoms with Crippen molar-refractivity contribution in [2.45, 2.75) is 33.3 Å². The van der Waals surface area contributed by atoms with Gasteiger partial charge in [-0.05, 0) is 49.6 Å². The molecule has 0 aliphatic heterocycles. The fourth-order valence-corrected chi connectivity index (χ4v) is 3.05. The van der Waals surface area contributed by atoms with Crippen LogP contribution in [0.25, 0.3) is 0 Å². The van der Waals surface area contributed by atoms with Gasteiger partial charge in [-0.1, -0.05) is 42.5 Å². The van der Waals surface area contributed by atoms with E-state index >= 15 is 0 Å². The summed E-state index contributed by atoms with van der Waals surface area (Å²) >= 11 is 0. The van der Waals surface area contributed by atoms with Crippen LogP contribution >= 0.6 is 0 Å². The van der Waals surface area contributed by atoms with Gasteiger partial charge in [0.05, 0.1) is 0 Å². The number of ketones is 1. The summed E-state index contributed by atoms with van der Waals surface area (Å²) in [5.74, 6) is 0.848. The van der Waals surface area contributed by atoms with Crippen molar-refractivity contribution < 1.29 is 9.53 Å². The van der Waals surface area contributed by atoms with Crippen molar-refractivity contribution in [3.63, 3.8) is 0 Å². The quantitative estimate of drug-likeness (QED) is 0.635. The number of aromatic amines is 1. The van der Waals surface area contributed by atoms with E-state index in [0.29, 0.717) is 30.6 Å². The molecule has 0 unspecified atom stereocenters. The molecule has 0 fully saturated rings. The molecule has 1 heterocycles. The zero-order valence-corrected chi connectivity index (χ0v) is 15.6. The molecule has 0 saturated heterocycles. The topological polar surface area (TPSA) is 59.2 Å². The van der Waals surface area contributed by atoms with Crippen LogP contribution in [0.4, 0.5) is 0 Å². The van der Waals surface area contributed by atoms with Crippen LogP contribution in [-0.4, -0.2) is 10.8 Å². The number of carbonyl (C=O) groups excluding carboxylic acids is 1. The monoisotopic (exact) mass is 361 g/mol. The number of ether oxygens (including phenoxy) is 1. The van der Waals surface area contributed by atoms with Gasteiger partial charge in [0.25, 0.3) is 5.56 Å². The van der Waals surface area contributed by atoms with Gasteiger partial charge < -0.3 is 9.72 Å². The summed E-state index contributed by atoms with van der Waals surface area (Å²) in [7, 11) is 0. The van der Waals surface area contributed by atoms with E-state index in [9.17, 15) is 9.59 Å². The first-order valence-corrected chi connectivity index (χ1v) is 9.02. The van der Waals surface area contributed by atoms with Crippen molar-refractivity contribution in [1.29, 1.82) is 0 Å². The van der Waals surface area contributed by atoms with Crippen molar-refractivity contribution in [3.05, 3.63) is 99.0 Å². The van der Waals surface area contributed by atoms with E-state index in [-0.39, 0.29) is 11.3 Å². The summed E-state index contributed by atoms with van der Waals surface area (Å²) < 4.78 is 5.71. The summed E-state index contributed by atoms with van der Waals surface area (Å²) in [5, 5.41) is 0. The van der Waals surface area contributed by atoms with Crippen molar-refractivity contribution in [3.8, 4) is 5.75 Å². The third-order valence-corrected chi connectivity index (χ3v) is 4.52. The molecule has 0 atom stereocenters. The standard InChI is InChI=1S/C23H23NO3/c1-16-14-17(2)24-23(26)21(16)12-13-22(25)19-10-8-18(9-11-19)15-27-20-6-4-3-5-7-20/h3-11,14H,12-13,15H2,1-2H3,(H,24,26).